The molecule has 0 aliphatic heterocycles. The van der Waals surface area contributed by atoms with Gasteiger partial charge in [-0.25, -0.2) is 18.1 Å². The van der Waals surface area contributed by atoms with Gasteiger partial charge in [-0.3, -0.25) is 4.79 Å². The molecule has 2 aromatic carbocycles. The van der Waals surface area contributed by atoms with Gasteiger partial charge in [-0.1, -0.05) is 18.2 Å². The van der Waals surface area contributed by atoms with Crippen molar-refractivity contribution < 1.29 is 8.42 Å². The van der Waals surface area contributed by atoms with Crippen molar-refractivity contribution in [2.24, 2.45) is 0 Å². The average Bonchev–Trinajstić information content (AvgIpc) is 3.09. The molecule has 0 saturated carbocycles. The molecule has 136 valence electrons. The number of fused-ring (bicyclic) bond motifs is 1. The molecule has 0 spiro atoms. The highest BCUT2D eigenvalue weighted by Crippen LogP contribution is 2.23. The molecule has 0 aliphatic carbocycles. The zero-order chi connectivity index (χ0) is 19.0. The Hall–Kier alpha value is -2.84. The van der Waals surface area contributed by atoms with Crippen molar-refractivity contribution in [3.05, 3.63) is 81.2 Å². The standard InChI is InChI=1S/C19H15N3O3S2/c1-13-21-15(12-26-13)11-22-19(23)18-8-7-17(9-14(18)10-20-22)27(24,25)16-5-3-2-4-6-16/h2-10,12H,11H2,1H3. The van der Waals surface area contributed by atoms with Gasteiger partial charge in [-0.2, -0.15) is 5.10 Å². The molecule has 8 heteroatoms. The van der Waals surface area contributed by atoms with Gasteiger partial charge in [0.15, 0.2) is 0 Å². The highest BCUT2D eigenvalue weighted by atomic mass is 32.2. The van der Waals surface area contributed by atoms with Gasteiger partial charge in [0.05, 0.1) is 38.6 Å². The lowest BCUT2D eigenvalue weighted by molar-refractivity contribution is 0.596. The third-order valence-electron chi connectivity index (χ3n) is 4.17. The van der Waals surface area contributed by atoms with Crippen LogP contribution < -0.4 is 5.56 Å². The zero-order valence-corrected chi connectivity index (χ0v) is 16.0. The van der Waals surface area contributed by atoms with Gasteiger partial charge in [0, 0.05) is 10.8 Å². The largest absolute Gasteiger partial charge is 0.274 e. The van der Waals surface area contributed by atoms with Crippen LogP contribution in [-0.2, 0) is 16.4 Å². The summed E-state index contributed by atoms with van der Waals surface area (Å²) in [5, 5.41) is 7.91. The highest BCUT2D eigenvalue weighted by Gasteiger charge is 2.18. The van der Waals surface area contributed by atoms with Crippen molar-refractivity contribution in [3.63, 3.8) is 0 Å². The molecule has 4 rings (SSSR count). The van der Waals surface area contributed by atoms with Crippen LogP contribution in [0.1, 0.15) is 10.7 Å². The maximum absolute atomic E-state index is 12.8. The van der Waals surface area contributed by atoms with Crippen LogP contribution in [0.15, 0.2) is 74.7 Å². The van der Waals surface area contributed by atoms with E-state index in [1.54, 1.807) is 30.3 Å². The number of hydrogen-bond acceptors (Lipinski definition) is 6. The summed E-state index contributed by atoms with van der Waals surface area (Å²) in [7, 11) is -3.64. The summed E-state index contributed by atoms with van der Waals surface area (Å²) in [6.45, 7) is 2.18. The Morgan fingerprint density at radius 1 is 1.07 bits per heavy atom. The van der Waals surface area contributed by atoms with E-state index >= 15 is 0 Å². The van der Waals surface area contributed by atoms with E-state index in [-0.39, 0.29) is 21.9 Å². The second kappa shape index (κ2) is 6.71. The third-order valence-corrected chi connectivity index (χ3v) is 6.76. The fourth-order valence-corrected chi connectivity index (χ4v) is 4.74. The SMILES string of the molecule is Cc1nc(Cn2ncc3cc(S(=O)(=O)c4ccccc4)ccc3c2=O)cs1. The summed E-state index contributed by atoms with van der Waals surface area (Å²) < 4.78 is 26.9. The maximum Gasteiger partial charge on any atom is 0.274 e. The van der Waals surface area contributed by atoms with Crippen molar-refractivity contribution in [3.8, 4) is 0 Å². The van der Waals surface area contributed by atoms with E-state index in [0.717, 1.165) is 10.7 Å². The molecular weight excluding hydrogens is 382 g/mol. The van der Waals surface area contributed by atoms with Crippen LogP contribution in [0.4, 0.5) is 0 Å². The zero-order valence-electron chi connectivity index (χ0n) is 14.4. The summed E-state index contributed by atoms with van der Waals surface area (Å²) in [5.74, 6) is 0. The molecule has 2 heterocycles. The van der Waals surface area contributed by atoms with Crippen LogP contribution in [0.3, 0.4) is 0 Å². The van der Waals surface area contributed by atoms with Gasteiger partial charge >= 0.3 is 0 Å². The number of hydrogen-bond donors (Lipinski definition) is 0. The molecule has 0 N–H and O–H groups in total. The van der Waals surface area contributed by atoms with Crippen molar-refractivity contribution in [2.45, 2.75) is 23.3 Å². The van der Waals surface area contributed by atoms with Gasteiger partial charge < -0.3 is 0 Å². The van der Waals surface area contributed by atoms with Crippen molar-refractivity contribution in [1.82, 2.24) is 14.8 Å². The fourth-order valence-electron chi connectivity index (χ4n) is 2.82. The first-order chi connectivity index (χ1) is 12.9. The summed E-state index contributed by atoms with van der Waals surface area (Å²) in [6, 6.07) is 12.7. The van der Waals surface area contributed by atoms with Gasteiger partial charge in [0.1, 0.15) is 0 Å². The van der Waals surface area contributed by atoms with Crippen molar-refractivity contribution in [2.75, 3.05) is 0 Å². The van der Waals surface area contributed by atoms with E-state index < -0.39 is 9.84 Å². The molecule has 2 aromatic heterocycles. The molecule has 27 heavy (non-hydrogen) atoms. The fraction of sp³-hybridized carbons (Fsp3) is 0.105. The molecule has 0 radical (unpaired) electrons. The predicted molar refractivity (Wildman–Crippen MR) is 104 cm³/mol. The van der Waals surface area contributed by atoms with Gasteiger partial charge in [0.25, 0.3) is 5.56 Å². The first-order valence-electron chi connectivity index (χ1n) is 8.16. The van der Waals surface area contributed by atoms with Crippen molar-refractivity contribution in [1.29, 1.82) is 0 Å². The normalized spacial score (nSPS) is 11.7. The Bertz CT molecular complexity index is 1290. The van der Waals surface area contributed by atoms with Gasteiger partial charge in [-0.15, -0.1) is 11.3 Å². The Balaban J connectivity index is 1.76. The number of rotatable bonds is 4. The van der Waals surface area contributed by atoms with Crippen LogP contribution in [0, 0.1) is 6.92 Å². The number of nitrogens with zero attached hydrogens (tertiary/aromatic N) is 3. The first kappa shape index (κ1) is 17.6. The van der Waals surface area contributed by atoms with E-state index in [4.69, 9.17) is 0 Å². The lowest BCUT2D eigenvalue weighted by Gasteiger charge is -2.07. The van der Waals surface area contributed by atoms with E-state index in [2.05, 4.69) is 10.1 Å². The third kappa shape index (κ3) is 3.29. The molecule has 0 atom stereocenters. The first-order valence-corrected chi connectivity index (χ1v) is 10.5. The molecule has 0 fully saturated rings. The molecule has 0 aliphatic rings. The lowest BCUT2D eigenvalue weighted by Crippen LogP contribution is -2.23. The minimum atomic E-state index is -3.64. The molecule has 0 saturated heterocycles. The van der Waals surface area contributed by atoms with E-state index in [1.165, 1.54) is 40.4 Å². The quantitative estimate of drug-likeness (QED) is 0.529. The highest BCUT2D eigenvalue weighted by molar-refractivity contribution is 7.91. The summed E-state index contributed by atoms with van der Waals surface area (Å²) in [4.78, 5) is 17.4. The average molecular weight is 397 g/mol. The van der Waals surface area contributed by atoms with E-state index in [9.17, 15) is 13.2 Å². The monoisotopic (exact) mass is 397 g/mol. The van der Waals surface area contributed by atoms with Gasteiger partial charge in [-0.05, 0) is 37.3 Å². The second-order valence-corrected chi connectivity index (χ2v) is 9.04. The smallest absolute Gasteiger partial charge is 0.267 e. The molecule has 0 amide bonds. The summed E-state index contributed by atoms with van der Waals surface area (Å²) >= 11 is 1.51. The van der Waals surface area contributed by atoms with Gasteiger partial charge in [0.2, 0.25) is 9.84 Å². The van der Waals surface area contributed by atoms with Crippen LogP contribution >= 0.6 is 11.3 Å². The maximum atomic E-state index is 12.8. The number of benzene rings is 2. The Morgan fingerprint density at radius 3 is 2.56 bits per heavy atom. The van der Waals surface area contributed by atoms with Crippen LogP contribution in [-0.4, -0.2) is 23.2 Å². The Morgan fingerprint density at radius 2 is 1.85 bits per heavy atom. The topological polar surface area (TPSA) is 81.9 Å². The second-order valence-electron chi connectivity index (χ2n) is 6.03. The summed E-state index contributed by atoms with van der Waals surface area (Å²) in [5.41, 5.74) is 0.497. The van der Waals surface area contributed by atoms with E-state index in [1.807, 2.05) is 12.3 Å². The number of aromatic nitrogens is 3. The van der Waals surface area contributed by atoms with Crippen molar-refractivity contribution >= 4 is 31.9 Å². The van der Waals surface area contributed by atoms with Crippen LogP contribution in [0.5, 0.6) is 0 Å². The van der Waals surface area contributed by atoms with Crippen LogP contribution in [0.2, 0.25) is 0 Å². The molecule has 6 nitrogen and oxygen atoms in total. The minimum Gasteiger partial charge on any atom is -0.267 e. The molecule has 0 unspecified atom stereocenters. The number of aryl methyl sites for hydroxylation is 1. The summed E-state index contributed by atoms with van der Waals surface area (Å²) in [6.07, 6.45) is 1.51. The Labute approximate surface area is 159 Å². The minimum absolute atomic E-state index is 0.135. The number of sulfone groups is 1. The van der Waals surface area contributed by atoms with Crippen LogP contribution in [0.25, 0.3) is 10.8 Å². The molecule has 0 bridgehead atoms. The lowest BCUT2D eigenvalue weighted by atomic mass is 10.2. The predicted octanol–water partition coefficient (Wildman–Crippen LogP) is 3.04. The molecular formula is C19H15N3O3S2. The Kier molecular flexibility index (Phi) is 4.37. The molecule has 4 aromatic rings. The number of thiazole rings is 1. The van der Waals surface area contributed by atoms with E-state index in [0.29, 0.717) is 10.8 Å².